The molecule has 0 radical (unpaired) electrons. The molecule has 0 heterocycles. The van der Waals surface area contributed by atoms with Crippen LogP contribution >= 0.6 is 0 Å². The molecule has 0 rings (SSSR count). The van der Waals surface area contributed by atoms with Crippen molar-refractivity contribution in [3.05, 3.63) is 12.2 Å². The SMILES string of the molecule is CC.CC/C=C\CC.CCC(C)CC.CCCCC. The van der Waals surface area contributed by atoms with Crippen LogP contribution < -0.4 is 0 Å². The van der Waals surface area contributed by atoms with Gasteiger partial charge in [-0.05, 0) is 18.8 Å². The van der Waals surface area contributed by atoms with Gasteiger partial charge >= 0.3 is 0 Å². The van der Waals surface area contributed by atoms with Crippen molar-refractivity contribution < 1.29 is 0 Å². The van der Waals surface area contributed by atoms with Crippen LogP contribution in [0.15, 0.2) is 12.2 Å². The third kappa shape index (κ3) is 57.5. The Kier molecular flexibility index (Phi) is 51.5. The molecule has 0 unspecified atom stereocenters. The van der Waals surface area contributed by atoms with Crippen molar-refractivity contribution >= 4 is 0 Å². The summed E-state index contributed by atoms with van der Waals surface area (Å²) in [4.78, 5) is 0. The molecule has 0 aromatic rings. The highest BCUT2D eigenvalue weighted by Gasteiger charge is 1.88. The van der Waals surface area contributed by atoms with Crippen LogP contribution in [0, 0.1) is 5.92 Å². The Morgan fingerprint density at radius 3 is 1.05 bits per heavy atom. The highest BCUT2D eigenvalue weighted by atomic mass is 13.9. The number of allylic oxidation sites excluding steroid dienone is 2. The molecule has 0 heteroatoms. The van der Waals surface area contributed by atoms with E-state index in [9.17, 15) is 0 Å². The molecule has 0 bridgehead atoms. The summed E-state index contributed by atoms with van der Waals surface area (Å²) < 4.78 is 0. The van der Waals surface area contributed by atoms with E-state index < -0.39 is 0 Å². The second kappa shape index (κ2) is 36.1. The minimum atomic E-state index is 0.935. The molecule has 0 N–H and O–H groups in total. The molecule has 0 atom stereocenters. The van der Waals surface area contributed by atoms with E-state index in [2.05, 4.69) is 60.6 Å². The largest absolute Gasteiger partial charge is 0.0888 e. The number of hydrogen-bond acceptors (Lipinski definition) is 0. The van der Waals surface area contributed by atoms with Crippen molar-refractivity contribution in [3.63, 3.8) is 0 Å². The maximum absolute atomic E-state index is 2.28. The van der Waals surface area contributed by atoms with E-state index in [1.165, 1.54) is 44.9 Å². The van der Waals surface area contributed by atoms with Crippen molar-refractivity contribution in [1.29, 1.82) is 0 Å². The Balaban J connectivity index is -0.0000000835. The number of rotatable bonds is 6. The third-order valence-electron chi connectivity index (χ3n) is 2.74. The van der Waals surface area contributed by atoms with E-state index in [-0.39, 0.29) is 0 Å². The Labute approximate surface area is 126 Å². The van der Waals surface area contributed by atoms with E-state index >= 15 is 0 Å². The van der Waals surface area contributed by atoms with E-state index in [0.29, 0.717) is 0 Å². The van der Waals surface area contributed by atoms with Crippen LogP contribution in [0.25, 0.3) is 0 Å². The minimum Gasteiger partial charge on any atom is -0.0888 e. The summed E-state index contributed by atoms with van der Waals surface area (Å²) in [5, 5.41) is 0. The molecule has 0 nitrogen and oxygen atoms in total. The monoisotopic (exact) mass is 272 g/mol. The minimum absolute atomic E-state index is 0.935. The molecule has 0 saturated carbocycles. The van der Waals surface area contributed by atoms with Gasteiger partial charge in [0.25, 0.3) is 0 Å². The predicted octanol–water partition coefficient (Wildman–Crippen LogP) is 8.03. The van der Waals surface area contributed by atoms with E-state index in [1.807, 2.05) is 13.8 Å². The lowest BCUT2D eigenvalue weighted by Crippen LogP contribution is -1.85. The van der Waals surface area contributed by atoms with Crippen molar-refractivity contribution in [2.24, 2.45) is 5.92 Å². The smallest absolute Gasteiger partial charge is 0.0379 e. The summed E-state index contributed by atoms with van der Waals surface area (Å²) in [5.41, 5.74) is 0. The molecular weight excluding hydrogens is 228 g/mol. The summed E-state index contributed by atoms with van der Waals surface area (Å²) in [6.45, 7) is 19.5. The zero-order valence-corrected chi connectivity index (χ0v) is 15.7. The first-order valence-electron chi connectivity index (χ1n) is 8.79. The summed E-state index contributed by atoms with van der Waals surface area (Å²) >= 11 is 0. The Morgan fingerprint density at radius 1 is 0.684 bits per heavy atom. The Morgan fingerprint density at radius 2 is 1.00 bits per heavy atom. The highest BCUT2D eigenvalue weighted by molar-refractivity contribution is 4.77. The normalized spacial score (nSPS) is 8.95. The first-order valence-corrected chi connectivity index (χ1v) is 8.79. The van der Waals surface area contributed by atoms with Gasteiger partial charge in [-0.1, -0.05) is 107 Å². The molecule has 19 heavy (non-hydrogen) atoms. The fourth-order valence-corrected chi connectivity index (χ4v) is 0.976. The van der Waals surface area contributed by atoms with Crippen LogP contribution in [-0.2, 0) is 0 Å². The van der Waals surface area contributed by atoms with Gasteiger partial charge in [-0.25, -0.2) is 0 Å². The molecule has 0 aromatic heterocycles. The zero-order chi connectivity index (χ0) is 15.9. The Bertz CT molecular complexity index is 101. The van der Waals surface area contributed by atoms with Gasteiger partial charge in [0, 0.05) is 0 Å². The van der Waals surface area contributed by atoms with Crippen LogP contribution in [0.2, 0.25) is 0 Å². The molecule has 0 spiro atoms. The summed E-state index contributed by atoms with van der Waals surface area (Å²) in [6, 6.07) is 0. The molecule has 0 aliphatic rings. The zero-order valence-electron chi connectivity index (χ0n) is 15.7. The fourth-order valence-electron chi connectivity index (χ4n) is 0.976. The van der Waals surface area contributed by atoms with Gasteiger partial charge in [-0.15, -0.1) is 0 Å². The number of hydrogen-bond donors (Lipinski definition) is 0. The van der Waals surface area contributed by atoms with Crippen molar-refractivity contribution in [1.82, 2.24) is 0 Å². The van der Waals surface area contributed by atoms with E-state index in [1.54, 1.807) is 0 Å². The predicted molar refractivity (Wildman–Crippen MR) is 96.0 cm³/mol. The van der Waals surface area contributed by atoms with E-state index in [4.69, 9.17) is 0 Å². The van der Waals surface area contributed by atoms with Crippen LogP contribution in [0.5, 0.6) is 0 Å². The number of unbranched alkanes of at least 4 members (excludes halogenated alkanes) is 2. The lowest BCUT2D eigenvalue weighted by atomic mass is 10.1. The van der Waals surface area contributed by atoms with Crippen LogP contribution in [0.4, 0.5) is 0 Å². The fraction of sp³-hybridized carbons (Fsp3) is 0.895. The van der Waals surface area contributed by atoms with Gasteiger partial charge in [0.1, 0.15) is 0 Å². The molecule has 0 aromatic carbocycles. The van der Waals surface area contributed by atoms with Crippen molar-refractivity contribution in [2.75, 3.05) is 0 Å². The second-order valence-corrected chi connectivity index (χ2v) is 4.56. The van der Waals surface area contributed by atoms with E-state index in [0.717, 1.165) is 5.92 Å². The summed E-state index contributed by atoms with van der Waals surface area (Å²) in [7, 11) is 0. The lowest BCUT2D eigenvalue weighted by Gasteiger charge is -1.98. The van der Waals surface area contributed by atoms with Gasteiger partial charge in [-0.2, -0.15) is 0 Å². The van der Waals surface area contributed by atoms with Gasteiger partial charge in [0.05, 0.1) is 0 Å². The standard InChI is InChI=1S/C6H14.C6H12.C5H12.C2H6/c1-4-6(3)5-2;1-3-5-6-4-2;1-3-5-4-2;1-2/h6H,4-5H2,1-3H3;5-6H,3-4H2,1-2H3;3-5H2,1-2H3;1-2H3/b;6-5-;;. The Hall–Kier alpha value is -0.260. The second-order valence-electron chi connectivity index (χ2n) is 4.56. The molecule has 0 amide bonds. The quantitative estimate of drug-likeness (QED) is 0.429. The van der Waals surface area contributed by atoms with Gasteiger partial charge in [0.2, 0.25) is 0 Å². The van der Waals surface area contributed by atoms with Crippen LogP contribution in [-0.4, -0.2) is 0 Å². The average molecular weight is 273 g/mol. The summed E-state index contributed by atoms with van der Waals surface area (Å²) in [5.74, 6) is 0.935. The van der Waals surface area contributed by atoms with Crippen molar-refractivity contribution in [2.45, 2.75) is 107 Å². The van der Waals surface area contributed by atoms with Crippen LogP contribution in [0.3, 0.4) is 0 Å². The third-order valence-corrected chi connectivity index (χ3v) is 2.74. The lowest BCUT2D eigenvalue weighted by molar-refractivity contribution is 0.544. The highest BCUT2D eigenvalue weighted by Crippen LogP contribution is 2.02. The molecule has 0 aliphatic heterocycles. The maximum Gasteiger partial charge on any atom is -0.0379 e. The molecule has 0 saturated heterocycles. The molecular formula is C19H44. The first kappa shape index (κ1) is 27.1. The van der Waals surface area contributed by atoms with Gasteiger partial charge < -0.3 is 0 Å². The first-order chi connectivity index (χ1) is 9.14. The molecule has 0 fully saturated rings. The summed E-state index contributed by atoms with van der Waals surface area (Å²) in [6.07, 6.45) is 13.4. The average Bonchev–Trinajstić information content (AvgIpc) is 2.48. The maximum atomic E-state index is 2.28. The van der Waals surface area contributed by atoms with Gasteiger partial charge in [-0.3, -0.25) is 0 Å². The molecule has 120 valence electrons. The molecule has 0 aliphatic carbocycles. The van der Waals surface area contributed by atoms with Gasteiger partial charge in [0.15, 0.2) is 0 Å². The topological polar surface area (TPSA) is 0 Å². The van der Waals surface area contributed by atoms with Crippen LogP contribution in [0.1, 0.15) is 107 Å². The van der Waals surface area contributed by atoms with Crippen molar-refractivity contribution in [3.8, 4) is 0 Å².